The van der Waals surface area contributed by atoms with Crippen LogP contribution in [0.1, 0.15) is 32.6 Å². The summed E-state index contributed by atoms with van der Waals surface area (Å²) in [6, 6.07) is -0.731. The van der Waals surface area contributed by atoms with E-state index in [4.69, 9.17) is 0 Å². The van der Waals surface area contributed by atoms with Crippen molar-refractivity contribution in [3.05, 3.63) is 0 Å². The van der Waals surface area contributed by atoms with Gasteiger partial charge < -0.3 is 10.4 Å². The first-order valence-corrected chi connectivity index (χ1v) is 7.14. The van der Waals surface area contributed by atoms with Gasteiger partial charge in [-0.15, -0.1) is 0 Å². The highest BCUT2D eigenvalue weighted by atomic mass is 16.4. The van der Waals surface area contributed by atoms with Gasteiger partial charge in [-0.3, -0.25) is 24.1 Å². The van der Waals surface area contributed by atoms with Crippen LogP contribution in [0, 0.1) is 17.8 Å². The van der Waals surface area contributed by atoms with Gasteiger partial charge >= 0.3 is 5.97 Å². The molecule has 4 atom stereocenters. The highest BCUT2D eigenvalue weighted by Crippen LogP contribution is 2.36. The van der Waals surface area contributed by atoms with Crippen molar-refractivity contribution < 1.29 is 24.3 Å². The molecule has 0 spiro atoms. The SMILES string of the molecule is CC1CC(C(=O)O)C(C(=O)NC2CCC(=O)N(C)C2=O)C1. The number of nitrogens with zero attached hydrogens (tertiary/aromatic N) is 1. The number of nitrogens with one attached hydrogen (secondary N) is 1. The summed E-state index contributed by atoms with van der Waals surface area (Å²) in [4.78, 5) is 47.8. The van der Waals surface area contributed by atoms with Crippen LogP contribution in [0.15, 0.2) is 0 Å². The lowest BCUT2D eigenvalue weighted by Gasteiger charge is -2.29. The van der Waals surface area contributed by atoms with Crippen molar-refractivity contribution in [3.8, 4) is 0 Å². The Morgan fingerprint density at radius 2 is 1.86 bits per heavy atom. The molecule has 1 aliphatic carbocycles. The van der Waals surface area contributed by atoms with E-state index in [0.29, 0.717) is 12.8 Å². The number of amides is 3. The van der Waals surface area contributed by atoms with Crippen LogP contribution in [0.5, 0.6) is 0 Å². The van der Waals surface area contributed by atoms with Crippen LogP contribution in [-0.2, 0) is 19.2 Å². The molecule has 2 fully saturated rings. The standard InChI is InChI=1S/C14H20N2O5/c1-7-5-8(9(6-7)14(20)21)12(18)15-10-3-4-11(17)16(2)13(10)19/h7-10H,3-6H2,1-2H3,(H,15,18)(H,20,21). The summed E-state index contributed by atoms with van der Waals surface area (Å²) in [7, 11) is 1.39. The summed E-state index contributed by atoms with van der Waals surface area (Å²) >= 11 is 0. The molecule has 2 rings (SSSR count). The van der Waals surface area contributed by atoms with Crippen LogP contribution in [0.3, 0.4) is 0 Å². The number of aliphatic carboxylic acids is 1. The third-order valence-electron chi connectivity index (χ3n) is 4.42. The largest absolute Gasteiger partial charge is 0.481 e. The second-order valence-electron chi connectivity index (χ2n) is 6.02. The minimum absolute atomic E-state index is 0.174. The number of piperidine rings is 1. The highest BCUT2D eigenvalue weighted by Gasteiger charge is 2.43. The maximum atomic E-state index is 12.3. The molecule has 7 heteroatoms. The fourth-order valence-corrected chi connectivity index (χ4v) is 3.18. The molecule has 0 bridgehead atoms. The number of carbonyl (C=O) groups excluding carboxylic acids is 3. The zero-order valence-corrected chi connectivity index (χ0v) is 12.2. The van der Waals surface area contributed by atoms with Crippen molar-refractivity contribution in [1.82, 2.24) is 10.2 Å². The number of hydrogen-bond acceptors (Lipinski definition) is 4. The molecule has 1 saturated heterocycles. The minimum atomic E-state index is -0.971. The van der Waals surface area contributed by atoms with Gasteiger partial charge in [0.15, 0.2) is 0 Å². The zero-order valence-electron chi connectivity index (χ0n) is 12.2. The average Bonchev–Trinajstić information content (AvgIpc) is 2.82. The smallest absolute Gasteiger partial charge is 0.307 e. The summed E-state index contributed by atoms with van der Waals surface area (Å²) in [6.07, 6.45) is 1.47. The molecule has 0 aromatic heterocycles. The van der Waals surface area contributed by atoms with E-state index in [1.165, 1.54) is 7.05 Å². The predicted molar refractivity (Wildman–Crippen MR) is 72.0 cm³/mol. The molecule has 0 aromatic carbocycles. The number of likely N-dealkylation sites (N-methyl/N-ethyl adjacent to an activating group) is 1. The van der Waals surface area contributed by atoms with Crippen LogP contribution in [0.2, 0.25) is 0 Å². The number of hydrogen-bond donors (Lipinski definition) is 2. The molecule has 21 heavy (non-hydrogen) atoms. The predicted octanol–water partition coefficient (Wildman–Crippen LogP) is -0.00310. The number of carbonyl (C=O) groups is 4. The van der Waals surface area contributed by atoms with Gasteiger partial charge in [0.2, 0.25) is 11.8 Å². The first-order chi connectivity index (χ1) is 9.81. The number of carboxylic acid groups (broad SMARTS) is 1. The maximum Gasteiger partial charge on any atom is 0.307 e. The van der Waals surface area contributed by atoms with E-state index >= 15 is 0 Å². The normalized spacial score (nSPS) is 33.1. The summed E-state index contributed by atoms with van der Waals surface area (Å²) in [5.41, 5.74) is 0. The Balaban J connectivity index is 2.02. The fourth-order valence-electron chi connectivity index (χ4n) is 3.18. The third kappa shape index (κ3) is 3.06. The average molecular weight is 296 g/mol. The van der Waals surface area contributed by atoms with Gasteiger partial charge in [-0.25, -0.2) is 0 Å². The lowest BCUT2D eigenvalue weighted by atomic mass is 9.94. The van der Waals surface area contributed by atoms with Gasteiger partial charge in [0, 0.05) is 13.5 Å². The van der Waals surface area contributed by atoms with E-state index < -0.39 is 35.7 Å². The van der Waals surface area contributed by atoms with E-state index in [0.717, 1.165) is 4.90 Å². The van der Waals surface area contributed by atoms with Gasteiger partial charge in [-0.05, 0) is 25.2 Å². The van der Waals surface area contributed by atoms with Crippen LogP contribution < -0.4 is 5.32 Å². The first kappa shape index (κ1) is 15.5. The van der Waals surface area contributed by atoms with Crippen molar-refractivity contribution in [2.75, 3.05) is 7.05 Å². The number of likely N-dealkylation sites (tertiary alicyclic amines) is 1. The van der Waals surface area contributed by atoms with Gasteiger partial charge in [-0.1, -0.05) is 6.92 Å². The quantitative estimate of drug-likeness (QED) is 0.713. The number of rotatable bonds is 3. The third-order valence-corrected chi connectivity index (χ3v) is 4.42. The molecule has 116 valence electrons. The van der Waals surface area contributed by atoms with Gasteiger partial charge in [0.25, 0.3) is 5.91 Å². The molecule has 4 unspecified atom stereocenters. The molecule has 1 heterocycles. The molecular formula is C14H20N2O5. The van der Waals surface area contributed by atoms with Crippen molar-refractivity contribution in [1.29, 1.82) is 0 Å². The van der Waals surface area contributed by atoms with E-state index in [9.17, 15) is 24.3 Å². The van der Waals surface area contributed by atoms with Gasteiger partial charge in [-0.2, -0.15) is 0 Å². The molecule has 3 amide bonds. The minimum Gasteiger partial charge on any atom is -0.481 e. The van der Waals surface area contributed by atoms with E-state index in [1.807, 2.05) is 6.92 Å². The molecule has 1 saturated carbocycles. The van der Waals surface area contributed by atoms with Crippen molar-refractivity contribution >= 4 is 23.7 Å². The van der Waals surface area contributed by atoms with Crippen molar-refractivity contribution in [3.63, 3.8) is 0 Å². The molecule has 2 aliphatic rings. The van der Waals surface area contributed by atoms with Crippen molar-refractivity contribution in [2.45, 2.75) is 38.6 Å². The molecule has 7 nitrogen and oxygen atoms in total. The summed E-state index contributed by atoms with van der Waals surface area (Å²) in [6.45, 7) is 1.92. The number of carboxylic acids is 1. The van der Waals surface area contributed by atoms with Crippen LogP contribution in [-0.4, -0.2) is 46.8 Å². The Bertz CT molecular complexity index is 490. The summed E-state index contributed by atoms with van der Waals surface area (Å²) in [5, 5.41) is 11.8. The Hall–Kier alpha value is -1.92. The molecular weight excluding hydrogens is 276 g/mol. The van der Waals surface area contributed by atoms with Crippen LogP contribution in [0.25, 0.3) is 0 Å². The second-order valence-corrected chi connectivity index (χ2v) is 6.02. The first-order valence-electron chi connectivity index (χ1n) is 7.14. The highest BCUT2D eigenvalue weighted by molar-refractivity contribution is 6.01. The topological polar surface area (TPSA) is 104 Å². The Morgan fingerprint density at radius 1 is 1.24 bits per heavy atom. The molecule has 2 N–H and O–H groups in total. The molecule has 1 aliphatic heterocycles. The monoisotopic (exact) mass is 296 g/mol. The van der Waals surface area contributed by atoms with Gasteiger partial charge in [0.05, 0.1) is 11.8 Å². The van der Waals surface area contributed by atoms with E-state index in [-0.39, 0.29) is 24.7 Å². The Kier molecular flexibility index (Phi) is 4.29. The maximum absolute atomic E-state index is 12.3. The lowest BCUT2D eigenvalue weighted by Crippen LogP contribution is -2.54. The summed E-state index contributed by atoms with van der Waals surface area (Å²) in [5.74, 6) is -3.19. The Labute approximate surface area is 122 Å². The molecule has 0 radical (unpaired) electrons. The van der Waals surface area contributed by atoms with Crippen LogP contribution in [0.4, 0.5) is 0 Å². The summed E-state index contributed by atoms with van der Waals surface area (Å²) < 4.78 is 0. The second kappa shape index (κ2) is 5.83. The zero-order chi connectivity index (χ0) is 15.7. The van der Waals surface area contributed by atoms with Crippen LogP contribution >= 0.6 is 0 Å². The lowest BCUT2D eigenvalue weighted by molar-refractivity contribution is -0.150. The fraction of sp³-hybridized carbons (Fsp3) is 0.714. The number of imide groups is 1. The molecule has 0 aromatic rings. The van der Waals surface area contributed by atoms with Crippen molar-refractivity contribution in [2.24, 2.45) is 17.8 Å². The Morgan fingerprint density at radius 3 is 2.48 bits per heavy atom. The van der Waals surface area contributed by atoms with E-state index in [1.54, 1.807) is 0 Å². The van der Waals surface area contributed by atoms with E-state index in [2.05, 4.69) is 5.32 Å². The van der Waals surface area contributed by atoms with Gasteiger partial charge in [0.1, 0.15) is 6.04 Å².